The Morgan fingerprint density at radius 2 is 1.86 bits per heavy atom. The van der Waals surface area contributed by atoms with Gasteiger partial charge in [0.1, 0.15) is 28.7 Å². The summed E-state index contributed by atoms with van der Waals surface area (Å²) in [4.78, 5) is 21.1. The van der Waals surface area contributed by atoms with Crippen molar-refractivity contribution in [1.29, 1.82) is 5.26 Å². The Morgan fingerprint density at radius 3 is 2.46 bits per heavy atom. The molecule has 1 aliphatic heterocycles. The topological polar surface area (TPSA) is 74.4 Å². The smallest absolute Gasteiger partial charge is 0.406 e. The molecule has 196 valence electrons. The van der Waals surface area contributed by atoms with Gasteiger partial charge in [-0.25, -0.2) is 4.98 Å². The summed E-state index contributed by atoms with van der Waals surface area (Å²) in [7, 11) is 1.47. The molecule has 0 aliphatic carbocycles. The van der Waals surface area contributed by atoms with Crippen molar-refractivity contribution in [1.82, 2.24) is 14.5 Å². The molecule has 0 spiro atoms. The molecule has 3 aromatic rings. The van der Waals surface area contributed by atoms with E-state index in [0.29, 0.717) is 25.0 Å². The largest absolute Gasteiger partial charge is 0.573 e. The van der Waals surface area contributed by atoms with Gasteiger partial charge in [-0.15, -0.1) is 13.2 Å². The van der Waals surface area contributed by atoms with Gasteiger partial charge in [-0.05, 0) is 50.1 Å². The second kappa shape index (κ2) is 10.0. The summed E-state index contributed by atoms with van der Waals surface area (Å²) in [6, 6.07) is 10.4. The van der Waals surface area contributed by atoms with Crippen LogP contribution < -0.4 is 15.2 Å². The molecule has 3 heterocycles. The quantitative estimate of drug-likeness (QED) is 0.449. The molecule has 3 atom stereocenters. The molecule has 4 rings (SSSR count). The molecule has 0 radical (unpaired) electrons. The number of aryl methyl sites for hydroxylation is 1. The van der Waals surface area contributed by atoms with E-state index < -0.39 is 17.7 Å². The highest BCUT2D eigenvalue weighted by Gasteiger charge is 2.37. The highest BCUT2D eigenvalue weighted by atomic mass is 19.4. The summed E-state index contributed by atoms with van der Waals surface area (Å²) in [5, 5.41) is 9.34. The zero-order valence-corrected chi connectivity index (χ0v) is 20.9. The lowest BCUT2D eigenvalue weighted by atomic mass is 9.98. The van der Waals surface area contributed by atoms with Crippen molar-refractivity contribution in [3.63, 3.8) is 0 Å². The number of nitrogens with zero attached hydrogens (tertiary/aromatic N) is 5. The monoisotopic (exact) mass is 517 g/mol. The number of benzene rings is 1. The minimum Gasteiger partial charge on any atom is -0.406 e. The van der Waals surface area contributed by atoms with Crippen molar-refractivity contribution in [3.05, 3.63) is 63.8 Å². The van der Waals surface area contributed by atoms with Gasteiger partial charge >= 0.3 is 6.36 Å². The fraction of sp³-hybridized carbons (Fsp3) is 0.423. The highest BCUT2D eigenvalue weighted by molar-refractivity contribution is 5.89. The van der Waals surface area contributed by atoms with Crippen LogP contribution in [0.4, 0.5) is 23.2 Å². The van der Waals surface area contributed by atoms with Crippen molar-refractivity contribution in [2.45, 2.75) is 51.7 Å². The lowest BCUT2D eigenvalue weighted by Gasteiger charge is -2.48. The van der Waals surface area contributed by atoms with Crippen LogP contribution in [0.25, 0.3) is 11.0 Å². The first-order valence-electron chi connectivity index (χ1n) is 11.9. The molecule has 0 amide bonds. The Hall–Kier alpha value is -3.65. The normalized spacial score (nSPS) is 19.6. The van der Waals surface area contributed by atoms with Crippen LogP contribution in [0, 0.1) is 17.1 Å². The van der Waals surface area contributed by atoms with Gasteiger partial charge in [-0.1, -0.05) is 19.1 Å². The molecular weight excluding hydrogens is 490 g/mol. The van der Waals surface area contributed by atoms with E-state index in [1.165, 1.54) is 29.8 Å². The van der Waals surface area contributed by atoms with Gasteiger partial charge in [0, 0.05) is 38.3 Å². The average Bonchev–Trinajstić information content (AvgIpc) is 2.86. The number of halogens is 4. The summed E-state index contributed by atoms with van der Waals surface area (Å²) >= 11 is 0. The summed E-state index contributed by atoms with van der Waals surface area (Å²) in [6.45, 7) is 6.80. The number of pyridine rings is 2. The molecule has 0 N–H and O–H groups in total. The predicted molar refractivity (Wildman–Crippen MR) is 131 cm³/mol. The van der Waals surface area contributed by atoms with Crippen molar-refractivity contribution in [2.24, 2.45) is 7.05 Å². The van der Waals surface area contributed by atoms with E-state index in [9.17, 15) is 23.2 Å². The minimum atomic E-state index is -4.76. The van der Waals surface area contributed by atoms with Crippen LogP contribution in [0.5, 0.6) is 5.75 Å². The van der Waals surface area contributed by atoms with E-state index in [1.54, 1.807) is 18.2 Å². The lowest BCUT2D eigenvalue weighted by molar-refractivity contribution is -0.274. The Morgan fingerprint density at radius 1 is 1.19 bits per heavy atom. The molecule has 1 aromatic carbocycles. The van der Waals surface area contributed by atoms with Gasteiger partial charge in [-0.2, -0.15) is 9.65 Å². The van der Waals surface area contributed by atoms with Gasteiger partial charge in [0.2, 0.25) is 5.82 Å². The summed E-state index contributed by atoms with van der Waals surface area (Å²) in [6.07, 6.45) is -4.04. The van der Waals surface area contributed by atoms with Gasteiger partial charge in [0.05, 0.1) is 5.52 Å². The number of aromatic nitrogens is 2. The van der Waals surface area contributed by atoms with Crippen LogP contribution in [0.2, 0.25) is 0 Å². The minimum absolute atomic E-state index is 0.0463. The summed E-state index contributed by atoms with van der Waals surface area (Å²) in [5.74, 6) is -1.20. The number of rotatable bonds is 5. The molecule has 2 aromatic heterocycles. The maximum atomic E-state index is 15.5. The number of fused-ring (bicyclic) bond motifs is 1. The lowest BCUT2D eigenvalue weighted by Crippen LogP contribution is -2.58. The number of hydrogen-bond acceptors (Lipinski definition) is 6. The standard InChI is InChI=1S/C26H27F4N5O2/c1-5-19-14-34(24-22(27)25(36)33(4)21-11-8-18(12-31)32-23(21)24)15(2)13-35(19)16(3)17-6-9-20(10-7-17)37-26(28,29)30/h6-11,15-16,19H,5,13-14H2,1-4H3/t15-,16?,19?/m0/s1. The molecule has 1 fully saturated rings. The van der Waals surface area contributed by atoms with E-state index in [0.717, 1.165) is 5.56 Å². The number of piperazine rings is 1. The molecule has 11 heteroatoms. The van der Waals surface area contributed by atoms with E-state index in [-0.39, 0.29) is 40.8 Å². The zero-order chi connectivity index (χ0) is 27.1. The van der Waals surface area contributed by atoms with E-state index in [1.807, 2.05) is 31.7 Å². The SMILES string of the molecule is CCC1CN(c2c(F)c(=O)n(C)c3ccc(C#N)nc23)[C@@H](C)CN1C(C)c1ccc(OC(F)(F)F)cc1. The summed E-state index contributed by atoms with van der Waals surface area (Å²) in [5.41, 5.74) is 0.934. The number of ether oxygens (including phenoxy) is 1. The number of anilines is 1. The second-order valence-electron chi connectivity index (χ2n) is 9.26. The Labute approximate surface area is 211 Å². The Bertz CT molecular complexity index is 1400. The third kappa shape index (κ3) is 5.11. The maximum absolute atomic E-state index is 15.5. The Kier molecular flexibility index (Phi) is 7.15. The number of hydrogen-bond donors (Lipinski definition) is 0. The fourth-order valence-electron chi connectivity index (χ4n) is 5.04. The van der Waals surface area contributed by atoms with Gasteiger partial charge < -0.3 is 14.2 Å². The molecule has 7 nitrogen and oxygen atoms in total. The van der Waals surface area contributed by atoms with Crippen molar-refractivity contribution in [3.8, 4) is 11.8 Å². The number of nitriles is 1. The van der Waals surface area contributed by atoms with Crippen LogP contribution in [-0.4, -0.2) is 46.0 Å². The van der Waals surface area contributed by atoms with Crippen LogP contribution in [-0.2, 0) is 7.05 Å². The first kappa shape index (κ1) is 26.4. The molecule has 1 saturated heterocycles. The number of alkyl halides is 3. The van der Waals surface area contributed by atoms with Crippen LogP contribution >= 0.6 is 0 Å². The fourth-order valence-corrected chi connectivity index (χ4v) is 5.04. The molecular formula is C26H27F4N5O2. The Balaban J connectivity index is 1.67. The van der Waals surface area contributed by atoms with Crippen molar-refractivity contribution < 1.29 is 22.3 Å². The molecule has 0 saturated carbocycles. The van der Waals surface area contributed by atoms with Crippen molar-refractivity contribution >= 4 is 16.7 Å². The zero-order valence-electron chi connectivity index (χ0n) is 20.9. The predicted octanol–water partition coefficient (Wildman–Crippen LogP) is 4.89. The van der Waals surface area contributed by atoms with E-state index >= 15 is 4.39 Å². The van der Waals surface area contributed by atoms with Crippen LogP contribution in [0.3, 0.4) is 0 Å². The third-order valence-corrected chi connectivity index (χ3v) is 7.01. The van der Waals surface area contributed by atoms with Crippen LogP contribution in [0.1, 0.15) is 44.5 Å². The second-order valence-corrected chi connectivity index (χ2v) is 9.26. The third-order valence-electron chi connectivity index (χ3n) is 7.01. The average molecular weight is 518 g/mol. The van der Waals surface area contributed by atoms with Gasteiger partial charge in [0.25, 0.3) is 5.56 Å². The molecule has 37 heavy (non-hydrogen) atoms. The molecule has 0 bridgehead atoms. The van der Waals surface area contributed by atoms with E-state index in [2.05, 4.69) is 14.6 Å². The van der Waals surface area contributed by atoms with Gasteiger partial charge in [-0.3, -0.25) is 9.69 Å². The summed E-state index contributed by atoms with van der Waals surface area (Å²) < 4.78 is 58.2. The van der Waals surface area contributed by atoms with Crippen molar-refractivity contribution in [2.75, 3.05) is 18.0 Å². The van der Waals surface area contributed by atoms with Crippen LogP contribution in [0.15, 0.2) is 41.2 Å². The first-order chi connectivity index (χ1) is 17.4. The highest BCUT2D eigenvalue weighted by Crippen LogP contribution is 2.35. The molecule has 1 aliphatic rings. The molecule has 2 unspecified atom stereocenters. The van der Waals surface area contributed by atoms with Gasteiger partial charge in [0.15, 0.2) is 0 Å². The first-order valence-corrected chi connectivity index (χ1v) is 11.9. The van der Waals surface area contributed by atoms with E-state index in [4.69, 9.17) is 0 Å². The maximum Gasteiger partial charge on any atom is 0.573 e.